The van der Waals surface area contributed by atoms with E-state index < -0.39 is 6.04 Å². The van der Waals surface area contributed by atoms with E-state index in [1.165, 1.54) is 4.90 Å². The van der Waals surface area contributed by atoms with Gasteiger partial charge in [-0.25, -0.2) is 0 Å². The second kappa shape index (κ2) is 11.7. The molecule has 0 aromatic heterocycles. The maximum absolute atomic E-state index is 13.4. The van der Waals surface area contributed by atoms with Crippen molar-refractivity contribution in [2.24, 2.45) is 0 Å². The molecule has 1 fully saturated rings. The fourth-order valence-corrected chi connectivity index (χ4v) is 5.17. The van der Waals surface area contributed by atoms with Gasteiger partial charge < -0.3 is 10.2 Å². The molecule has 0 radical (unpaired) electrons. The molecule has 0 spiro atoms. The van der Waals surface area contributed by atoms with E-state index in [0.717, 1.165) is 31.2 Å². The first-order valence-electron chi connectivity index (χ1n) is 12.7. The predicted molar refractivity (Wildman–Crippen MR) is 138 cm³/mol. The molecular formula is C28H32ClN3O4. The maximum atomic E-state index is 13.4. The van der Waals surface area contributed by atoms with Gasteiger partial charge in [0.25, 0.3) is 11.8 Å². The van der Waals surface area contributed by atoms with Crippen molar-refractivity contribution >= 4 is 35.2 Å². The molecule has 8 heteroatoms. The number of benzene rings is 2. The highest BCUT2D eigenvalue weighted by molar-refractivity contribution is 6.30. The molecule has 1 aliphatic heterocycles. The van der Waals surface area contributed by atoms with E-state index in [-0.39, 0.29) is 49.2 Å². The van der Waals surface area contributed by atoms with E-state index in [0.29, 0.717) is 29.0 Å². The molecule has 4 rings (SSSR count). The summed E-state index contributed by atoms with van der Waals surface area (Å²) >= 11 is 6.03. The number of amides is 4. The Morgan fingerprint density at radius 1 is 1.03 bits per heavy atom. The smallest absolute Gasteiger partial charge is 0.261 e. The lowest BCUT2D eigenvalue weighted by Gasteiger charge is -2.31. The minimum Gasteiger partial charge on any atom is -0.352 e. The first-order valence-corrected chi connectivity index (χ1v) is 13.1. The fraction of sp³-hybridized carbons (Fsp3) is 0.429. The first-order chi connectivity index (χ1) is 17.4. The molecule has 0 bridgehead atoms. The number of hydrogen-bond acceptors (Lipinski definition) is 4. The lowest BCUT2D eigenvalue weighted by atomic mass is 10.1. The van der Waals surface area contributed by atoms with Crippen molar-refractivity contribution in [3.05, 3.63) is 70.2 Å². The second-order valence-corrected chi connectivity index (χ2v) is 9.91. The third-order valence-electron chi connectivity index (χ3n) is 7.00. The number of rotatable bonds is 10. The van der Waals surface area contributed by atoms with Crippen molar-refractivity contribution in [3.63, 3.8) is 0 Å². The molecule has 1 atom stereocenters. The first kappa shape index (κ1) is 25.9. The number of nitrogens with zero attached hydrogens (tertiary/aromatic N) is 2. The van der Waals surface area contributed by atoms with Crippen LogP contribution in [0, 0.1) is 0 Å². The van der Waals surface area contributed by atoms with Crippen molar-refractivity contribution in [3.8, 4) is 0 Å². The van der Waals surface area contributed by atoms with Crippen LogP contribution in [0.2, 0.25) is 5.02 Å². The van der Waals surface area contributed by atoms with Crippen LogP contribution in [0.1, 0.15) is 78.1 Å². The normalized spacial score (nSPS) is 16.2. The van der Waals surface area contributed by atoms with E-state index in [1.54, 1.807) is 41.3 Å². The van der Waals surface area contributed by atoms with Gasteiger partial charge in [-0.3, -0.25) is 24.1 Å². The number of carbonyl (C=O) groups excluding carboxylic acids is 4. The maximum Gasteiger partial charge on any atom is 0.261 e. The highest BCUT2D eigenvalue weighted by atomic mass is 35.5. The monoisotopic (exact) mass is 509 g/mol. The van der Waals surface area contributed by atoms with E-state index in [9.17, 15) is 19.2 Å². The average molecular weight is 510 g/mol. The Hall–Kier alpha value is -3.19. The van der Waals surface area contributed by atoms with E-state index in [2.05, 4.69) is 5.32 Å². The number of halogens is 1. The Morgan fingerprint density at radius 3 is 2.22 bits per heavy atom. The standard InChI is InChI=1S/C28H32ClN3O4/c1-2-24(26(34)30-21-8-3-4-9-21)32(18-19-13-15-20(29)16-14-19)25(33)12-7-17-31-27(35)22-10-5-6-11-23(22)28(31)36/h5-6,10-11,13-16,21,24H,2-4,7-9,12,17-18H2,1H3,(H,30,34). The molecule has 1 aliphatic carbocycles. The summed E-state index contributed by atoms with van der Waals surface area (Å²) in [5.74, 6) is -0.978. The third-order valence-corrected chi connectivity index (χ3v) is 7.26. The van der Waals surface area contributed by atoms with E-state index in [1.807, 2.05) is 19.1 Å². The molecule has 2 aromatic rings. The molecule has 0 saturated heterocycles. The summed E-state index contributed by atoms with van der Waals surface area (Å²) < 4.78 is 0. The van der Waals surface area contributed by atoms with Crippen LogP contribution in [-0.2, 0) is 16.1 Å². The Kier molecular flexibility index (Phi) is 8.41. The zero-order chi connectivity index (χ0) is 25.7. The minimum atomic E-state index is -0.604. The van der Waals surface area contributed by atoms with Crippen LogP contribution < -0.4 is 5.32 Å². The number of fused-ring (bicyclic) bond motifs is 1. The van der Waals surface area contributed by atoms with Crippen LogP contribution in [0.5, 0.6) is 0 Å². The van der Waals surface area contributed by atoms with Crippen LogP contribution in [-0.4, -0.2) is 52.1 Å². The van der Waals surface area contributed by atoms with Crippen LogP contribution in [0.4, 0.5) is 0 Å². The van der Waals surface area contributed by atoms with Gasteiger partial charge >= 0.3 is 0 Å². The quantitative estimate of drug-likeness (QED) is 0.475. The largest absolute Gasteiger partial charge is 0.352 e. The predicted octanol–water partition coefficient (Wildman–Crippen LogP) is 4.58. The summed E-state index contributed by atoms with van der Waals surface area (Å²) in [6.07, 6.45) is 5.06. The van der Waals surface area contributed by atoms with Gasteiger partial charge in [-0.2, -0.15) is 0 Å². The Morgan fingerprint density at radius 2 is 1.64 bits per heavy atom. The fourth-order valence-electron chi connectivity index (χ4n) is 5.05. The van der Waals surface area contributed by atoms with Crippen molar-refractivity contribution in [2.45, 2.75) is 70.5 Å². The van der Waals surface area contributed by atoms with Crippen LogP contribution in [0.25, 0.3) is 0 Å². The lowest BCUT2D eigenvalue weighted by molar-refractivity contribution is -0.141. The lowest BCUT2D eigenvalue weighted by Crippen LogP contribution is -2.51. The molecule has 7 nitrogen and oxygen atoms in total. The topological polar surface area (TPSA) is 86.8 Å². The molecule has 1 N–H and O–H groups in total. The SMILES string of the molecule is CCC(C(=O)NC1CCCC1)N(Cc1ccc(Cl)cc1)C(=O)CCCN1C(=O)c2ccccc2C1=O. The molecule has 1 unspecified atom stereocenters. The molecule has 2 aromatic carbocycles. The van der Waals surface area contributed by atoms with Crippen molar-refractivity contribution in [1.82, 2.24) is 15.1 Å². The van der Waals surface area contributed by atoms with E-state index in [4.69, 9.17) is 11.6 Å². The van der Waals surface area contributed by atoms with Gasteiger partial charge in [-0.1, -0.05) is 55.6 Å². The Labute approximate surface area is 216 Å². The molecular weight excluding hydrogens is 478 g/mol. The van der Waals surface area contributed by atoms with Crippen LogP contribution in [0.3, 0.4) is 0 Å². The summed E-state index contributed by atoms with van der Waals surface area (Å²) in [5.41, 5.74) is 1.67. The average Bonchev–Trinajstić information content (AvgIpc) is 3.47. The molecule has 36 heavy (non-hydrogen) atoms. The summed E-state index contributed by atoms with van der Waals surface area (Å²) in [5, 5.41) is 3.73. The zero-order valence-electron chi connectivity index (χ0n) is 20.5. The van der Waals surface area contributed by atoms with Gasteiger partial charge in [0.2, 0.25) is 11.8 Å². The van der Waals surface area contributed by atoms with Crippen molar-refractivity contribution < 1.29 is 19.2 Å². The molecule has 190 valence electrons. The number of nitrogens with one attached hydrogen (secondary N) is 1. The molecule has 4 amide bonds. The van der Waals surface area contributed by atoms with Gasteiger partial charge in [-0.15, -0.1) is 0 Å². The molecule has 2 aliphatic rings. The van der Waals surface area contributed by atoms with Crippen LogP contribution in [0.15, 0.2) is 48.5 Å². The highest BCUT2D eigenvalue weighted by Crippen LogP contribution is 2.24. The Bertz CT molecular complexity index is 1090. The van der Waals surface area contributed by atoms with Gasteiger partial charge in [0.15, 0.2) is 0 Å². The van der Waals surface area contributed by atoms with Crippen LogP contribution >= 0.6 is 11.6 Å². The van der Waals surface area contributed by atoms with Gasteiger partial charge in [-0.05, 0) is 55.5 Å². The summed E-state index contributed by atoms with van der Waals surface area (Å²) in [6, 6.07) is 13.5. The molecule has 1 saturated carbocycles. The number of imide groups is 1. The second-order valence-electron chi connectivity index (χ2n) is 9.47. The number of hydrogen-bond donors (Lipinski definition) is 1. The summed E-state index contributed by atoms with van der Waals surface area (Å²) in [6.45, 7) is 2.33. The highest BCUT2D eigenvalue weighted by Gasteiger charge is 2.35. The van der Waals surface area contributed by atoms with Gasteiger partial charge in [0.1, 0.15) is 6.04 Å². The summed E-state index contributed by atoms with van der Waals surface area (Å²) in [4.78, 5) is 54.7. The van der Waals surface area contributed by atoms with Gasteiger partial charge in [0, 0.05) is 30.6 Å². The van der Waals surface area contributed by atoms with Crippen molar-refractivity contribution in [1.29, 1.82) is 0 Å². The Balaban J connectivity index is 1.43. The number of carbonyl (C=O) groups is 4. The molecule has 1 heterocycles. The minimum absolute atomic E-state index is 0.119. The third kappa shape index (κ3) is 5.78. The zero-order valence-corrected chi connectivity index (χ0v) is 21.3. The van der Waals surface area contributed by atoms with Crippen molar-refractivity contribution in [2.75, 3.05) is 6.54 Å². The van der Waals surface area contributed by atoms with E-state index >= 15 is 0 Å². The summed E-state index contributed by atoms with van der Waals surface area (Å²) in [7, 11) is 0. The van der Waals surface area contributed by atoms with Gasteiger partial charge in [0.05, 0.1) is 11.1 Å².